The van der Waals surface area contributed by atoms with E-state index in [1.807, 2.05) is 0 Å². The van der Waals surface area contributed by atoms with Crippen LogP contribution in [0, 0.1) is 0 Å². The van der Waals surface area contributed by atoms with Crippen LogP contribution in [0.2, 0.25) is 0 Å². The Morgan fingerprint density at radius 2 is 2.36 bits per heavy atom. The van der Waals surface area contributed by atoms with Gasteiger partial charge in [-0.25, -0.2) is 0 Å². The summed E-state index contributed by atoms with van der Waals surface area (Å²) in [5.41, 5.74) is 0. The summed E-state index contributed by atoms with van der Waals surface area (Å²) in [6.07, 6.45) is -0.312. The van der Waals surface area contributed by atoms with Crippen molar-refractivity contribution in [3.63, 3.8) is 0 Å². The summed E-state index contributed by atoms with van der Waals surface area (Å²) in [7, 11) is 1.60. The van der Waals surface area contributed by atoms with Crippen LogP contribution < -0.4 is 0 Å². The van der Waals surface area contributed by atoms with Crippen molar-refractivity contribution in [1.29, 1.82) is 0 Å². The number of aliphatic hydroxyl groups is 1. The van der Waals surface area contributed by atoms with Gasteiger partial charge in [0.2, 0.25) is 0 Å². The third kappa shape index (κ3) is 1.16. The number of ether oxygens (including phenoxy) is 3. The van der Waals surface area contributed by atoms with E-state index in [2.05, 4.69) is 0 Å². The topological polar surface area (TPSA) is 47.9 Å². The highest BCUT2D eigenvalue weighted by atomic mass is 16.7. The van der Waals surface area contributed by atoms with Gasteiger partial charge < -0.3 is 19.3 Å². The Labute approximate surface area is 65.1 Å². The van der Waals surface area contributed by atoms with E-state index < -0.39 is 6.10 Å². The molecular weight excluding hydrogens is 148 g/mol. The maximum atomic E-state index is 9.41. The van der Waals surface area contributed by atoms with Gasteiger partial charge in [-0.05, 0) is 0 Å². The number of fused-ring (bicyclic) bond motifs is 2. The summed E-state index contributed by atoms with van der Waals surface area (Å²) >= 11 is 0. The molecule has 1 unspecified atom stereocenters. The molecule has 4 atom stereocenters. The molecule has 2 saturated heterocycles. The predicted octanol–water partition coefficient (Wildman–Crippen LogP) is -0.493. The monoisotopic (exact) mass is 160 g/mol. The molecular formula is C7H12O4. The summed E-state index contributed by atoms with van der Waals surface area (Å²) < 4.78 is 15.6. The van der Waals surface area contributed by atoms with Gasteiger partial charge in [0.05, 0.1) is 12.7 Å². The molecule has 0 aromatic carbocycles. The molecule has 2 aliphatic heterocycles. The minimum atomic E-state index is -0.432. The van der Waals surface area contributed by atoms with E-state index in [4.69, 9.17) is 14.2 Å². The number of aliphatic hydroxyl groups excluding tert-OH is 1. The second kappa shape index (κ2) is 2.71. The molecule has 0 aliphatic carbocycles. The molecule has 2 heterocycles. The highest BCUT2D eigenvalue weighted by Gasteiger charge is 2.43. The third-order valence-corrected chi connectivity index (χ3v) is 2.24. The van der Waals surface area contributed by atoms with Crippen LogP contribution in [-0.4, -0.2) is 43.4 Å². The van der Waals surface area contributed by atoms with Crippen LogP contribution in [0.15, 0.2) is 0 Å². The molecule has 4 heteroatoms. The van der Waals surface area contributed by atoms with E-state index in [0.717, 1.165) is 0 Å². The number of hydrogen-bond donors (Lipinski definition) is 1. The normalized spacial score (nSPS) is 49.6. The highest BCUT2D eigenvalue weighted by molar-refractivity contribution is 4.86. The molecule has 2 fully saturated rings. The molecule has 4 nitrogen and oxygen atoms in total. The van der Waals surface area contributed by atoms with Crippen LogP contribution >= 0.6 is 0 Å². The Balaban J connectivity index is 2.05. The Morgan fingerprint density at radius 1 is 1.55 bits per heavy atom. The predicted molar refractivity (Wildman–Crippen MR) is 36.0 cm³/mol. The van der Waals surface area contributed by atoms with E-state index in [-0.39, 0.29) is 18.5 Å². The second-order valence-corrected chi connectivity index (χ2v) is 2.95. The first-order valence-corrected chi connectivity index (χ1v) is 3.79. The van der Waals surface area contributed by atoms with Gasteiger partial charge in [-0.2, -0.15) is 0 Å². The molecule has 64 valence electrons. The zero-order chi connectivity index (χ0) is 7.84. The van der Waals surface area contributed by atoms with Crippen LogP contribution in [0.3, 0.4) is 0 Å². The molecule has 0 amide bonds. The van der Waals surface area contributed by atoms with Crippen molar-refractivity contribution >= 4 is 0 Å². The summed E-state index contributed by atoms with van der Waals surface area (Å²) in [6.45, 7) is 0.492. The zero-order valence-corrected chi connectivity index (χ0v) is 6.40. The first-order chi connectivity index (χ1) is 5.31. The van der Waals surface area contributed by atoms with Crippen molar-refractivity contribution in [2.45, 2.75) is 31.0 Å². The molecule has 0 saturated carbocycles. The Hall–Kier alpha value is -0.160. The van der Waals surface area contributed by atoms with Crippen molar-refractivity contribution in [3.05, 3.63) is 0 Å². The van der Waals surface area contributed by atoms with Gasteiger partial charge in [-0.15, -0.1) is 0 Å². The first kappa shape index (κ1) is 7.49. The van der Waals surface area contributed by atoms with Gasteiger partial charge >= 0.3 is 0 Å². The summed E-state index contributed by atoms with van der Waals surface area (Å²) in [4.78, 5) is 0. The highest BCUT2D eigenvalue weighted by Crippen LogP contribution is 2.28. The van der Waals surface area contributed by atoms with Crippen LogP contribution in [0.5, 0.6) is 0 Å². The van der Waals surface area contributed by atoms with Crippen molar-refractivity contribution in [2.24, 2.45) is 0 Å². The molecule has 2 aliphatic rings. The van der Waals surface area contributed by atoms with Gasteiger partial charge in [0, 0.05) is 13.5 Å². The minimum absolute atomic E-state index is 0.108. The number of methoxy groups -OCH3 is 1. The average molecular weight is 160 g/mol. The summed E-state index contributed by atoms with van der Waals surface area (Å²) in [5, 5.41) is 9.41. The van der Waals surface area contributed by atoms with E-state index in [0.29, 0.717) is 13.0 Å². The molecule has 0 spiro atoms. The van der Waals surface area contributed by atoms with E-state index in [9.17, 15) is 5.11 Å². The van der Waals surface area contributed by atoms with E-state index >= 15 is 0 Å². The molecule has 2 rings (SSSR count). The SMILES string of the molecule is CO[C@@H]1C[C@H](O)[C@H]2COC1O2. The van der Waals surface area contributed by atoms with Crippen molar-refractivity contribution < 1.29 is 19.3 Å². The van der Waals surface area contributed by atoms with Crippen LogP contribution in [0.25, 0.3) is 0 Å². The van der Waals surface area contributed by atoms with E-state index in [1.165, 1.54) is 0 Å². The largest absolute Gasteiger partial charge is 0.390 e. The maximum absolute atomic E-state index is 9.41. The van der Waals surface area contributed by atoms with Gasteiger partial charge in [-0.3, -0.25) is 0 Å². The molecule has 2 bridgehead atoms. The van der Waals surface area contributed by atoms with Gasteiger partial charge in [0.25, 0.3) is 0 Å². The quantitative estimate of drug-likeness (QED) is 0.562. The van der Waals surface area contributed by atoms with Crippen LogP contribution in [-0.2, 0) is 14.2 Å². The van der Waals surface area contributed by atoms with Crippen molar-refractivity contribution in [1.82, 2.24) is 0 Å². The summed E-state index contributed by atoms with van der Waals surface area (Å²) in [5.74, 6) is 0. The van der Waals surface area contributed by atoms with Crippen molar-refractivity contribution in [3.8, 4) is 0 Å². The standard InChI is InChI=1S/C7H12O4/c1-9-5-2-4(8)6-3-10-7(5)11-6/h4-8H,2-3H2,1H3/t4-,5+,6+,7?/m0/s1. The fourth-order valence-electron chi connectivity index (χ4n) is 1.55. The Kier molecular flexibility index (Phi) is 1.85. The fourth-order valence-corrected chi connectivity index (χ4v) is 1.55. The number of hydrogen-bond acceptors (Lipinski definition) is 4. The molecule has 0 radical (unpaired) electrons. The lowest BCUT2D eigenvalue weighted by molar-refractivity contribution is -0.190. The lowest BCUT2D eigenvalue weighted by atomic mass is 10.1. The Bertz CT molecular complexity index is 149. The molecule has 1 N–H and O–H groups in total. The van der Waals surface area contributed by atoms with E-state index in [1.54, 1.807) is 7.11 Å². The molecule has 0 aromatic rings. The van der Waals surface area contributed by atoms with Crippen molar-refractivity contribution in [2.75, 3.05) is 13.7 Å². The first-order valence-electron chi connectivity index (χ1n) is 3.79. The van der Waals surface area contributed by atoms with Gasteiger partial charge in [-0.1, -0.05) is 0 Å². The average Bonchev–Trinajstić information content (AvgIpc) is 2.43. The lowest BCUT2D eigenvalue weighted by Crippen LogP contribution is -2.42. The maximum Gasteiger partial charge on any atom is 0.184 e. The van der Waals surface area contributed by atoms with Crippen LogP contribution in [0.4, 0.5) is 0 Å². The van der Waals surface area contributed by atoms with Gasteiger partial charge in [0.1, 0.15) is 12.2 Å². The second-order valence-electron chi connectivity index (χ2n) is 2.95. The van der Waals surface area contributed by atoms with Gasteiger partial charge in [0.15, 0.2) is 6.29 Å². The fraction of sp³-hybridized carbons (Fsp3) is 1.00. The zero-order valence-electron chi connectivity index (χ0n) is 6.40. The number of rotatable bonds is 1. The third-order valence-electron chi connectivity index (χ3n) is 2.24. The summed E-state index contributed by atoms with van der Waals surface area (Å²) in [6, 6.07) is 0. The Morgan fingerprint density at radius 3 is 3.09 bits per heavy atom. The lowest BCUT2D eigenvalue weighted by Gasteiger charge is -2.29. The smallest absolute Gasteiger partial charge is 0.184 e. The molecule has 11 heavy (non-hydrogen) atoms. The minimum Gasteiger partial charge on any atom is -0.390 e. The van der Waals surface area contributed by atoms with Crippen LogP contribution in [0.1, 0.15) is 6.42 Å². The molecule has 0 aromatic heterocycles.